The van der Waals surface area contributed by atoms with Gasteiger partial charge in [-0.2, -0.15) is 0 Å². The van der Waals surface area contributed by atoms with E-state index in [9.17, 15) is 4.79 Å². The normalized spacial score (nSPS) is 11.4. The van der Waals surface area contributed by atoms with E-state index < -0.39 is 0 Å². The Morgan fingerprint density at radius 3 is 2.35 bits per heavy atom. The summed E-state index contributed by atoms with van der Waals surface area (Å²) in [6.45, 7) is 6.14. The third-order valence-corrected chi connectivity index (χ3v) is 4.45. The summed E-state index contributed by atoms with van der Waals surface area (Å²) < 4.78 is 5.18. The van der Waals surface area contributed by atoms with Crippen molar-refractivity contribution >= 4 is 11.9 Å². The Hall–Kier alpha value is -2.24. The first-order valence-electron chi connectivity index (χ1n) is 9.35. The number of methoxy groups -OCH3 is 1. The van der Waals surface area contributed by atoms with Crippen LogP contribution in [0.2, 0.25) is 0 Å². The van der Waals surface area contributed by atoms with Gasteiger partial charge in [0.1, 0.15) is 12.3 Å². The maximum Gasteiger partial charge on any atom is 0.243 e. The number of rotatable bonds is 10. The van der Waals surface area contributed by atoms with Crippen molar-refractivity contribution in [2.24, 2.45) is 10.9 Å². The van der Waals surface area contributed by atoms with Crippen molar-refractivity contribution in [1.29, 1.82) is 0 Å². The molecule has 6 heteroatoms. The Bertz CT molecular complexity index is 551. The topological polar surface area (TPSA) is 66.0 Å². The lowest BCUT2D eigenvalue weighted by atomic mass is 10.0. The zero-order valence-electron chi connectivity index (χ0n) is 16.8. The van der Waals surface area contributed by atoms with Crippen molar-refractivity contribution in [2.75, 3.05) is 40.8 Å². The lowest BCUT2D eigenvalue weighted by Gasteiger charge is -2.17. The maximum atomic E-state index is 11.8. The summed E-state index contributed by atoms with van der Waals surface area (Å²) in [5.41, 5.74) is 1.22. The molecule has 6 nitrogen and oxygen atoms in total. The van der Waals surface area contributed by atoms with Crippen molar-refractivity contribution in [3.05, 3.63) is 29.8 Å². The van der Waals surface area contributed by atoms with Gasteiger partial charge in [0.2, 0.25) is 5.91 Å². The van der Waals surface area contributed by atoms with Gasteiger partial charge in [-0.15, -0.1) is 0 Å². The van der Waals surface area contributed by atoms with Gasteiger partial charge in [0.15, 0.2) is 5.96 Å². The van der Waals surface area contributed by atoms with Crippen molar-refractivity contribution < 1.29 is 9.53 Å². The van der Waals surface area contributed by atoms with Gasteiger partial charge in [0, 0.05) is 27.2 Å². The van der Waals surface area contributed by atoms with Crippen LogP contribution < -0.4 is 15.4 Å². The first-order chi connectivity index (χ1) is 12.5. The van der Waals surface area contributed by atoms with Gasteiger partial charge in [-0.1, -0.05) is 38.8 Å². The third kappa shape index (κ3) is 8.23. The molecule has 0 saturated heterocycles. The lowest BCUT2D eigenvalue weighted by Crippen LogP contribution is -2.41. The zero-order chi connectivity index (χ0) is 19.4. The van der Waals surface area contributed by atoms with Crippen LogP contribution in [0, 0.1) is 5.92 Å². The molecule has 2 N–H and O–H groups in total. The predicted molar refractivity (Wildman–Crippen MR) is 108 cm³/mol. The molecule has 1 aromatic carbocycles. The molecule has 0 atom stereocenters. The molecule has 1 rings (SSSR count). The number of likely N-dealkylation sites (N-methyl/N-ethyl adjacent to an activating group) is 1. The molecule has 0 heterocycles. The van der Waals surface area contributed by atoms with Crippen LogP contribution in [0.4, 0.5) is 0 Å². The molecule has 1 amide bonds. The molecule has 26 heavy (non-hydrogen) atoms. The molecule has 0 spiro atoms. The number of hydrogen-bond acceptors (Lipinski definition) is 3. The number of ether oxygens (including phenoxy) is 1. The number of nitrogens with zero attached hydrogens (tertiary/aromatic N) is 2. The second-order valence-corrected chi connectivity index (χ2v) is 6.54. The SMILES string of the molecule is CCC(CC)CNC(=NCC(=O)N(C)C)NCCc1ccc(OC)cc1. The van der Waals surface area contributed by atoms with E-state index >= 15 is 0 Å². The molecule has 146 valence electrons. The molecule has 0 unspecified atom stereocenters. The highest BCUT2D eigenvalue weighted by atomic mass is 16.5. The predicted octanol–water partition coefficient (Wildman–Crippen LogP) is 2.30. The van der Waals surface area contributed by atoms with E-state index in [-0.39, 0.29) is 12.5 Å². The number of hydrogen-bond donors (Lipinski definition) is 2. The highest BCUT2D eigenvalue weighted by Crippen LogP contribution is 2.11. The monoisotopic (exact) mass is 362 g/mol. The summed E-state index contributed by atoms with van der Waals surface area (Å²) in [5, 5.41) is 6.70. The van der Waals surface area contributed by atoms with Gasteiger partial charge in [0.05, 0.1) is 7.11 Å². The van der Waals surface area contributed by atoms with Crippen LogP contribution in [0.25, 0.3) is 0 Å². The smallest absolute Gasteiger partial charge is 0.243 e. The highest BCUT2D eigenvalue weighted by molar-refractivity contribution is 5.84. The first kappa shape index (κ1) is 21.8. The fourth-order valence-electron chi connectivity index (χ4n) is 2.40. The summed E-state index contributed by atoms with van der Waals surface area (Å²) in [6, 6.07) is 8.05. The molecule has 0 saturated carbocycles. The molecule has 1 aromatic rings. The van der Waals surface area contributed by atoms with Gasteiger partial charge in [-0.25, -0.2) is 4.99 Å². The van der Waals surface area contributed by atoms with Gasteiger partial charge in [0.25, 0.3) is 0 Å². The van der Waals surface area contributed by atoms with Crippen LogP contribution in [-0.4, -0.2) is 57.6 Å². The number of guanidine groups is 1. The summed E-state index contributed by atoms with van der Waals surface area (Å²) in [4.78, 5) is 17.8. The number of carbonyl (C=O) groups excluding carboxylic acids is 1. The van der Waals surface area contributed by atoms with Crippen LogP contribution in [-0.2, 0) is 11.2 Å². The summed E-state index contributed by atoms with van der Waals surface area (Å²) in [6.07, 6.45) is 3.12. The Morgan fingerprint density at radius 1 is 1.15 bits per heavy atom. The van der Waals surface area contributed by atoms with Crippen LogP contribution in [0.15, 0.2) is 29.3 Å². The van der Waals surface area contributed by atoms with Crippen molar-refractivity contribution in [2.45, 2.75) is 33.1 Å². The Kier molecular flexibility index (Phi) is 10.2. The summed E-state index contributed by atoms with van der Waals surface area (Å²) >= 11 is 0. The fourth-order valence-corrected chi connectivity index (χ4v) is 2.40. The minimum absolute atomic E-state index is 0.0104. The summed E-state index contributed by atoms with van der Waals surface area (Å²) in [5.74, 6) is 2.15. The van der Waals surface area contributed by atoms with Crippen molar-refractivity contribution in [3.63, 3.8) is 0 Å². The first-order valence-corrected chi connectivity index (χ1v) is 9.35. The van der Waals surface area contributed by atoms with Gasteiger partial charge >= 0.3 is 0 Å². The second kappa shape index (κ2) is 12.2. The van der Waals surface area contributed by atoms with Crippen molar-refractivity contribution in [1.82, 2.24) is 15.5 Å². The maximum absolute atomic E-state index is 11.8. The third-order valence-electron chi connectivity index (χ3n) is 4.45. The molecule has 0 aliphatic rings. The molecule has 0 aromatic heterocycles. The minimum Gasteiger partial charge on any atom is -0.497 e. The zero-order valence-corrected chi connectivity index (χ0v) is 16.8. The quantitative estimate of drug-likeness (QED) is 0.495. The van der Waals surface area contributed by atoms with E-state index in [1.807, 2.05) is 12.1 Å². The molecule has 0 radical (unpaired) electrons. The molecular formula is C20H34N4O2. The minimum atomic E-state index is -0.0104. The van der Waals surface area contributed by atoms with E-state index in [2.05, 4.69) is 41.6 Å². The van der Waals surface area contributed by atoms with Crippen LogP contribution >= 0.6 is 0 Å². The van der Waals surface area contributed by atoms with E-state index in [4.69, 9.17) is 4.74 Å². The molecule has 0 aliphatic carbocycles. The average Bonchev–Trinajstić information content (AvgIpc) is 2.66. The van der Waals surface area contributed by atoms with Crippen LogP contribution in [0.5, 0.6) is 5.75 Å². The standard InChI is InChI=1S/C20H34N4O2/c1-6-16(7-2)14-22-20(23-15-19(25)24(3)4)21-13-12-17-8-10-18(26-5)11-9-17/h8-11,16H,6-7,12-15H2,1-5H3,(H2,21,22,23). The highest BCUT2D eigenvalue weighted by Gasteiger charge is 2.07. The lowest BCUT2D eigenvalue weighted by molar-refractivity contribution is -0.127. The summed E-state index contributed by atoms with van der Waals surface area (Å²) in [7, 11) is 5.15. The van der Waals surface area contributed by atoms with Crippen LogP contribution in [0.3, 0.4) is 0 Å². The molecule has 0 aliphatic heterocycles. The van der Waals surface area contributed by atoms with Gasteiger partial charge in [-0.05, 0) is 30.0 Å². The Morgan fingerprint density at radius 2 is 1.81 bits per heavy atom. The number of carbonyl (C=O) groups is 1. The number of nitrogens with one attached hydrogen (secondary N) is 2. The Labute approximate surface area is 158 Å². The van der Waals surface area contributed by atoms with E-state index in [0.29, 0.717) is 11.9 Å². The fraction of sp³-hybridized carbons (Fsp3) is 0.600. The van der Waals surface area contributed by atoms with Gasteiger partial charge in [-0.3, -0.25) is 4.79 Å². The van der Waals surface area contributed by atoms with E-state index in [1.54, 1.807) is 26.1 Å². The van der Waals surface area contributed by atoms with Gasteiger partial charge < -0.3 is 20.3 Å². The second-order valence-electron chi connectivity index (χ2n) is 6.54. The number of aliphatic imine (C=N–C) groups is 1. The average molecular weight is 363 g/mol. The molecule has 0 fully saturated rings. The largest absolute Gasteiger partial charge is 0.497 e. The van der Waals surface area contributed by atoms with Crippen LogP contribution in [0.1, 0.15) is 32.3 Å². The van der Waals surface area contributed by atoms with E-state index in [0.717, 1.165) is 38.1 Å². The molecular weight excluding hydrogens is 328 g/mol. The number of benzene rings is 1. The van der Waals surface area contributed by atoms with E-state index in [1.165, 1.54) is 5.56 Å². The molecule has 0 bridgehead atoms. The number of amides is 1. The van der Waals surface area contributed by atoms with Crippen molar-refractivity contribution in [3.8, 4) is 5.75 Å². The Balaban J connectivity index is 2.58.